The van der Waals surface area contributed by atoms with Gasteiger partial charge in [-0.3, -0.25) is 0 Å². The number of benzene rings is 1. The molecule has 96 valence electrons. The molecule has 1 aromatic carbocycles. The molecule has 2 aromatic rings. The molecule has 0 fully saturated rings. The molecular formula is C14H16BrNOS. The fourth-order valence-corrected chi connectivity index (χ4v) is 3.18. The Kier molecular flexibility index (Phi) is 4.30. The molecule has 0 radical (unpaired) electrons. The van der Waals surface area contributed by atoms with E-state index in [4.69, 9.17) is 4.74 Å². The maximum atomic E-state index is 5.44. The van der Waals surface area contributed by atoms with Crippen molar-refractivity contribution in [1.82, 2.24) is 0 Å². The van der Waals surface area contributed by atoms with Crippen LogP contribution in [-0.2, 0) is 0 Å². The summed E-state index contributed by atoms with van der Waals surface area (Å²) in [5.74, 6) is 0.865. The van der Waals surface area contributed by atoms with Gasteiger partial charge in [-0.25, -0.2) is 0 Å². The van der Waals surface area contributed by atoms with Crippen molar-refractivity contribution in [3.8, 4) is 5.75 Å². The lowest BCUT2D eigenvalue weighted by Crippen LogP contribution is -2.08. The van der Waals surface area contributed by atoms with Gasteiger partial charge in [0.15, 0.2) is 0 Å². The Balaban J connectivity index is 2.28. The Morgan fingerprint density at radius 2 is 2.17 bits per heavy atom. The van der Waals surface area contributed by atoms with Crippen LogP contribution in [0.2, 0.25) is 0 Å². The number of hydrogen-bond donors (Lipinski definition) is 1. The van der Waals surface area contributed by atoms with Crippen molar-refractivity contribution in [2.24, 2.45) is 0 Å². The summed E-state index contributed by atoms with van der Waals surface area (Å²) in [5, 5.41) is 7.78. The highest BCUT2D eigenvalue weighted by Crippen LogP contribution is 2.34. The highest BCUT2D eigenvalue weighted by atomic mass is 79.9. The first-order valence-corrected chi connectivity index (χ1v) is 7.48. The van der Waals surface area contributed by atoms with Crippen LogP contribution in [-0.4, -0.2) is 7.11 Å². The standard InChI is InChI=1S/C14H16BrNOS/c1-9-6-12(15)7-13(17-3)14(9)16-10(2)11-4-5-18-8-11/h4-8,10,16H,1-3H3. The first-order chi connectivity index (χ1) is 8.61. The van der Waals surface area contributed by atoms with E-state index in [0.717, 1.165) is 15.9 Å². The van der Waals surface area contributed by atoms with Gasteiger partial charge in [-0.15, -0.1) is 0 Å². The van der Waals surface area contributed by atoms with E-state index in [2.05, 4.69) is 58.0 Å². The molecule has 0 spiro atoms. The molecule has 4 heteroatoms. The molecule has 0 saturated heterocycles. The second kappa shape index (κ2) is 5.76. The summed E-state index contributed by atoms with van der Waals surface area (Å²) in [4.78, 5) is 0. The van der Waals surface area contributed by atoms with Gasteiger partial charge in [0.2, 0.25) is 0 Å². The Morgan fingerprint density at radius 3 is 2.78 bits per heavy atom. The van der Waals surface area contributed by atoms with Crippen LogP contribution in [0.15, 0.2) is 33.4 Å². The summed E-state index contributed by atoms with van der Waals surface area (Å²) in [6, 6.07) is 6.48. The lowest BCUT2D eigenvalue weighted by molar-refractivity contribution is 0.415. The van der Waals surface area contributed by atoms with Crippen LogP contribution in [0.1, 0.15) is 24.1 Å². The summed E-state index contributed by atoms with van der Waals surface area (Å²) in [7, 11) is 1.70. The molecule has 0 amide bonds. The van der Waals surface area contributed by atoms with Gasteiger partial charge >= 0.3 is 0 Å². The molecule has 1 unspecified atom stereocenters. The molecule has 1 aromatic heterocycles. The van der Waals surface area contributed by atoms with E-state index in [1.165, 1.54) is 11.1 Å². The second-order valence-electron chi connectivity index (χ2n) is 4.22. The highest BCUT2D eigenvalue weighted by Gasteiger charge is 2.12. The Morgan fingerprint density at radius 1 is 1.39 bits per heavy atom. The number of hydrogen-bond acceptors (Lipinski definition) is 3. The predicted octanol–water partition coefficient (Wildman–Crippen LogP) is 5.00. The van der Waals surface area contributed by atoms with E-state index in [1.54, 1.807) is 18.4 Å². The molecule has 1 N–H and O–H groups in total. The van der Waals surface area contributed by atoms with E-state index in [-0.39, 0.29) is 6.04 Å². The van der Waals surface area contributed by atoms with Crippen molar-refractivity contribution in [3.05, 3.63) is 44.6 Å². The number of rotatable bonds is 4. The Bertz CT molecular complexity index is 525. The largest absolute Gasteiger partial charge is 0.495 e. The van der Waals surface area contributed by atoms with Crippen molar-refractivity contribution in [2.45, 2.75) is 19.9 Å². The lowest BCUT2D eigenvalue weighted by Gasteiger charge is -2.19. The van der Waals surface area contributed by atoms with Crippen LogP contribution in [0.25, 0.3) is 0 Å². The molecule has 0 saturated carbocycles. The first kappa shape index (κ1) is 13.4. The fraction of sp³-hybridized carbons (Fsp3) is 0.286. The van der Waals surface area contributed by atoms with Crippen molar-refractivity contribution in [1.29, 1.82) is 0 Å². The summed E-state index contributed by atoms with van der Waals surface area (Å²) < 4.78 is 6.47. The van der Waals surface area contributed by atoms with E-state index in [0.29, 0.717) is 0 Å². The summed E-state index contributed by atoms with van der Waals surface area (Å²) in [6.07, 6.45) is 0. The molecule has 2 rings (SSSR count). The summed E-state index contributed by atoms with van der Waals surface area (Å²) >= 11 is 5.20. The third-order valence-corrected chi connectivity index (χ3v) is 4.05. The van der Waals surface area contributed by atoms with E-state index in [9.17, 15) is 0 Å². The molecular weight excluding hydrogens is 310 g/mol. The number of thiophene rings is 1. The van der Waals surface area contributed by atoms with Crippen molar-refractivity contribution in [3.63, 3.8) is 0 Å². The predicted molar refractivity (Wildman–Crippen MR) is 81.8 cm³/mol. The minimum absolute atomic E-state index is 0.269. The summed E-state index contributed by atoms with van der Waals surface area (Å²) in [6.45, 7) is 4.24. The zero-order valence-corrected chi connectivity index (χ0v) is 13.1. The monoisotopic (exact) mass is 325 g/mol. The minimum Gasteiger partial charge on any atom is -0.495 e. The number of anilines is 1. The van der Waals surface area contributed by atoms with Gasteiger partial charge in [-0.1, -0.05) is 15.9 Å². The third kappa shape index (κ3) is 2.87. The third-order valence-electron chi connectivity index (χ3n) is 2.89. The smallest absolute Gasteiger partial charge is 0.143 e. The van der Waals surface area contributed by atoms with Gasteiger partial charge in [0.1, 0.15) is 5.75 Å². The Hall–Kier alpha value is -1.00. The van der Waals surface area contributed by atoms with E-state index < -0.39 is 0 Å². The molecule has 1 heterocycles. The van der Waals surface area contributed by atoms with Gasteiger partial charge in [0, 0.05) is 10.5 Å². The number of methoxy groups -OCH3 is 1. The van der Waals surface area contributed by atoms with Gasteiger partial charge in [-0.2, -0.15) is 11.3 Å². The van der Waals surface area contributed by atoms with Crippen molar-refractivity contribution in [2.75, 3.05) is 12.4 Å². The zero-order chi connectivity index (χ0) is 13.1. The van der Waals surface area contributed by atoms with E-state index in [1.807, 2.05) is 6.07 Å². The number of aryl methyl sites for hydroxylation is 1. The summed E-state index contributed by atoms with van der Waals surface area (Å²) in [5.41, 5.74) is 3.52. The molecule has 18 heavy (non-hydrogen) atoms. The van der Waals surface area contributed by atoms with Gasteiger partial charge < -0.3 is 10.1 Å². The SMILES string of the molecule is COc1cc(Br)cc(C)c1NC(C)c1ccsc1. The van der Waals surface area contributed by atoms with Crippen LogP contribution in [0.3, 0.4) is 0 Å². The van der Waals surface area contributed by atoms with Crippen molar-refractivity contribution < 1.29 is 4.74 Å². The van der Waals surface area contributed by atoms with Crippen LogP contribution in [0.4, 0.5) is 5.69 Å². The molecule has 0 aliphatic carbocycles. The second-order valence-corrected chi connectivity index (χ2v) is 5.92. The number of ether oxygens (including phenoxy) is 1. The normalized spacial score (nSPS) is 12.2. The van der Waals surface area contributed by atoms with Crippen LogP contribution in [0, 0.1) is 6.92 Å². The molecule has 0 aliphatic heterocycles. The molecule has 2 nitrogen and oxygen atoms in total. The zero-order valence-electron chi connectivity index (χ0n) is 10.7. The maximum Gasteiger partial charge on any atom is 0.143 e. The van der Waals surface area contributed by atoms with E-state index >= 15 is 0 Å². The highest BCUT2D eigenvalue weighted by molar-refractivity contribution is 9.10. The van der Waals surface area contributed by atoms with Crippen LogP contribution < -0.4 is 10.1 Å². The van der Waals surface area contributed by atoms with Gasteiger partial charge in [0.05, 0.1) is 12.8 Å². The quantitative estimate of drug-likeness (QED) is 0.853. The molecule has 0 bridgehead atoms. The van der Waals surface area contributed by atoms with Crippen LogP contribution >= 0.6 is 27.3 Å². The first-order valence-electron chi connectivity index (χ1n) is 5.74. The molecule has 0 aliphatic rings. The average Bonchev–Trinajstić information content (AvgIpc) is 2.85. The number of halogens is 1. The Labute approximate surface area is 120 Å². The fourth-order valence-electron chi connectivity index (χ4n) is 1.88. The topological polar surface area (TPSA) is 21.3 Å². The maximum absolute atomic E-state index is 5.44. The average molecular weight is 326 g/mol. The van der Waals surface area contributed by atoms with Crippen LogP contribution in [0.5, 0.6) is 5.75 Å². The van der Waals surface area contributed by atoms with Gasteiger partial charge in [0.25, 0.3) is 0 Å². The van der Waals surface area contributed by atoms with Gasteiger partial charge in [-0.05, 0) is 53.9 Å². The molecule has 1 atom stereocenters. The minimum atomic E-state index is 0.269. The number of nitrogens with one attached hydrogen (secondary N) is 1. The lowest BCUT2D eigenvalue weighted by atomic mass is 10.1. The van der Waals surface area contributed by atoms with Crippen molar-refractivity contribution >= 4 is 33.0 Å².